The fourth-order valence-corrected chi connectivity index (χ4v) is 2.53. The van der Waals surface area contributed by atoms with Gasteiger partial charge in [-0.2, -0.15) is 0 Å². The molecule has 4 nitrogen and oxygen atoms in total. The third kappa shape index (κ3) is 4.64. The summed E-state index contributed by atoms with van der Waals surface area (Å²) in [5, 5.41) is 0. The first-order valence-electron chi connectivity index (χ1n) is 7.23. The molecule has 0 bridgehead atoms. The van der Waals surface area contributed by atoms with Crippen LogP contribution in [0.1, 0.15) is 39.3 Å². The van der Waals surface area contributed by atoms with Crippen LogP contribution >= 0.6 is 0 Å². The molecule has 5 heteroatoms. The summed E-state index contributed by atoms with van der Waals surface area (Å²) in [6.45, 7) is 7.80. The number of benzene rings is 1. The Morgan fingerprint density at radius 2 is 1.82 bits per heavy atom. The Labute approximate surface area is 134 Å². The second-order valence-corrected chi connectivity index (χ2v) is 8.06. The Morgan fingerprint density at radius 3 is 2.36 bits per heavy atom. The molecule has 118 valence electrons. The summed E-state index contributed by atoms with van der Waals surface area (Å²) in [5.74, 6) is 1.29. The third-order valence-electron chi connectivity index (χ3n) is 3.06. The zero-order valence-electron chi connectivity index (χ0n) is 13.4. The van der Waals surface area contributed by atoms with Gasteiger partial charge in [-0.25, -0.2) is 13.9 Å². The van der Waals surface area contributed by atoms with Gasteiger partial charge in [-0.3, -0.25) is 0 Å². The fraction of sp³-hybridized carbons (Fsp3) is 0.353. The van der Waals surface area contributed by atoms with Gasteiger partial charge in [0.15, 0.2) is 0 Å². The van der Waals surface area contributed by atoms with Crippen molar-refractivity contribution in [1.29, 1.82) is 0 Å². The maximum Gasteiger partial charge on any atom is 0.219 e. The molecule has 0 aliphatic carbocycles. The summed E-state index contributed by atoms with van der Waals surface area (Å²) in [4.78, 5) is 4.30. The molecular weight excluding hydrogens is 296 g/mol. The van der Waals surface area contributed by atoms with Gasteiger partial charge >= 0.3 is 0 Å². The molecule has 1 aromatic carbocycles. The largest absolute Gasteiger partial charge is 0.439 e. The zero-order valence-corrected chi connectivity index (χ0v) is 14.2. The highest BCUT2D eigenvalue weighted by Gasteiger charge is 2.21. The molecule has 0 aliphatic heterocycles. The first-order chi connectivity index (χ1) is 10.4. The van der Waals surface area contributed by atoms with Crippen LogP contribution in [0.4, 0.5) is 0 Å². The van der Waals surface area contributed by atoms with Crippen LogP contribution in [0.3, 0.4) is 0 Å². The van der Waals surface area contributed by atoms with E-state index in [4.69, 9.17) is 4.74 Å². The van der Waals surface area contributed by atoms with E-state index < -0.39 is 11.0 Å². The molecule has 2 rings (SSSR count). The molecule has 2 atom stereocenters. The van der Waals surface area contributed by atoms with E-state index in [1.165, 1.54) is 0 Å². The molecule has 0 spiro atoms. The standard InChI is InChI=1S/C17H22N2O2S/c1-13(19-22(20)17(2,3)4)14-10-11-16(18-12-14)21-15-8-6-5-7-9-15/h5-13,19H,1-4H3/t13-,22+/m0/s1. The molecule has 0 unspecified atom stereocenters. The quantitative estimate of drug-likeness (QED) is 0.907. The van der Waals surface area contributed by atoms with E-state index in [2.05, 4.69) is 9.71 Å². The number of nitrogens with one attached hydrogen (secondary N) is 1. The summed E-state index contributed by atoms with van der Waals surface area (Å²) < 4.78 is 20.6. The second kappa shape index (κ2) is 7.03. The average Bonchev–Trinajstić information content (AvgIpc) is 2.48. The number of ether oxygens (including phenoxy) is 1. The van der Waals surface area contributed by atoms with Gasteiger partial charge in [-0.05, 0) is 45.4 Å². The molecule has 1 aromatic heterocycles. The van der Waals surface area contributed by atoms with Crippen molar-refractivity contribution in [3.63, 3.8) is 0 Å². The smallest absolute Gasteiger partial charge is 0.219 e. The fourth-order valence-electron chi connectivity index (χ4n) is 1.72. The molecule has 0 saturated carbocycles. The summed E-state index contributed by atoms with van der Waals surface area (Å²) in [6, 6.07) is 13.2. The number of aromatic nitrogens is 1. The van der Waals surface area contributed by atoms with Gasteiger partial charge in [-0.1, -0.05) is 24.3 Å². The lowest BCUT2D eigenvalue weighted by molar-refractivity contribution is 0.462. The molecule has 0 amide bonds. The summed E-state index contributed by atoms with van der Waals surface area (Å²) in [6.07, 6.45) is 1.75. The van der Waals surface area contributed by atoms with Crippen molar-refractivity contribution < 1.29 is 8.95 Å². The van der Waals surface area contributed by atoms with Gasteiger partial charge < -0.3 is 4.74 Å². The van der Waals surface area contributed by atoms with E-state index in [0.717, 1.165) is 11.3 Å². The number of rotatable bonds is 5. The van der Waals surface area contributed by atoms with Gasteiger partial charge in [0, 0.05) is 18.3 Å². The Hall–Kier alpha value is -1.72. The summed E-state index contributed by atoms with van der Waals surface area (Å²) in [5.41, 5.74) is 0.970. The van der Waals surface area contributed by atoms with Crippen LogP contribution in [-0.4, -0.2) is 13.9 Å². The third-order valence-corrected chi connectivity index (χ3v) is 4.74. The topological polar surface area (TPSA) is 51.2 Å². The lowest BCUT2D eigenvalue weighted by atomic mass is 10.2. The first kappa shape index (κ1) is 16.6. The van der Waals surface area contributed by atoms with Crippen LogP contribution in [-0.2, 0) is 11.0 Å². The van der Waals surface area contributed by atoms with Crippen molar-refractivity contribution in [3.8, 4) is 11.6 Å². The van der Waals surface area contributed by atoms with Gasteiger partial charge in [0.1, 0.15) is 5.75 Å². The molecule has 1 N–H and O–H groups in total. The van der Waals surface area contributed by atoms with Crippen molar-refractivity contribution in [3.05, 3.63) is 54.2 Å². The highest BCUT2D eigenvalue weighted by atomic mass is 32.2. The van der Waals surface area contributed by atoms with E-state index in [-0.39, 0.29) is 10.8 Å². The highest BCUT2D eigenvalue weighted by molar-refractivity contribution is 7.84. The van der Waals surface area contributed by atoms with Crippen molar-refractivity contribution in [2.45, 2.75) is 38.5 Å². The van der Waals surface area contributed by atoms with Crippen molar-refractivity contribution in [2.24, 2.45) is 0 Å². The normalized spacial score (nSPS) is 14.4. The molecular formula is C17H22N2O2S. The minimum Gasteiger partial charge on any atom is -0.439 e. The van der Waals surface area contributed by atoms with Gasteiger partial charge in [0.2, 0.25) is 5.88 Å². The van der Waals surface area contributed by atoms with Crippen LogP contribution < -0.4 is 9.46 Å². The summed E-state index contributed by atoms with van der Waals surface area (Å²) in [7, 11) is -1.11. The zero-order chi connectivity index (χ0) is 16.2. The number of hydrogen-bond donors (Lipinski definition) is 1. The number of nitrogens with zero attached hydrogens (tertiary/aromatic N) is 1. The molecule has 0 fully saturated rings. The Bertz CT molecular complexity index is 621. The van der Waals surface area contributed by atoms with E-state index in [0.29, 0.717) is 5.88 Å². The molecule has 0 saturated heterocycles. The van der Waals surface area contributed by atoms with Gasteiger partial charge in [-0.15, -0.1) is 0 Å². The number of para-hydroxylation sites is 1. The summed E-state index contributed by atoms with van der Waals surface area (Å²) >= 11 is 0. The number of pyridine rings is 1. The number of hydrogen-bond acceptors (Lipinski definition) is 3. The molecule has 22 heavy (non-hydrogen) atoms. The van der Waals surface area contributed by atoms with Crippen LogP contribution in [0.5, 0.6) is 11.6 Å². The minimum absolute atomic E-state index is 0.0432. The average molecular weight is 318 g/mol. The van der Waals surface area contributed by atoms with Crippen molar-refractivity contribution >= 4 is 11.0 Å². The maximum absolute atomic E-state index is 12.1. The lowest BCUT2D eigenvalue weighted by Crippen LogP contribution is -2.34. The molecule has 0 radical (unpaired) electrons. The maximum atomic E-state index is 12.1. The van der Waals surface area contributed by atoms with Crippen LogP contribution in [0, 0.1) is 0 Å². The van der Waals surface area contributed by atoms with E-state index in [1.807, 2.05) is 70.2 Å². The molecule has 1 heterocycles. The van der Waals surface area contributed by atoms with Crippen LogP contribution in [0.25, 0.3) is 0 Å². The molecule has 2 aromatic rings. The Morgan fingerprint density at radius 1 is 1.14 bits per heavy atom. The van der Waals surface area contributed by atoms with E-state index in [9.17, 15) is 4.21 Å². The van der Waals surface area contributed by atoms with Crippen molar-refractivity contribution in [1.82, 2.24) is 9.71 Å². The predicted octanol–water partition coefficient (Wildman–Crippen LogP) is 3.99. The molecule has 0 aliphatic rings. The highest BCUT2D eigenvalue weighted by Crippen LogP contribution is 2.21. The van der Waals surface area contributed by atoms with E-state index in [1.54, 1.807) is 6.20 Å². The Kier molecular flexibility index (Phi) is 5.32. The van der Waals surface area contributed by atoms with Crippen LogP contribution in [0.2, 0.25) is 0 Å². The predicted molar refractivity (Wildman–Crippen MR) is 90.2 cm³/mol. The van der Waals surface area contributed by atoms with E-state index >= 15 is 0 Å². The SMILES string of the molecule is C[C@H](N[S@](=O)C(C)(C)C)c1ccc(Oc2ccccc2)nc1. The monoisotopic (exact) mass is 318 g/mol. The second-order valence-electron chi connectivity index (χ2n) is 6.07. The first-order valence-corrected chi connectivity index (χ1v) is 8.38. The lowest BCUT2D eigenvalue weighted by Gasteiger charge is -2.22. The Balaban J connectivity index is 2.01. The van der Waals surface area contributed by atoms with Gasteiger partial charge in [0.05, 0.1) is 15.7 Å². The van der Waals surface area contributed by atoms with Crippen LogP contribution in [0.15, 0.2) is 48.7 Å². The van der Waals surface area contributed by atoms with Gasteiger partial charge in [0.25, 0.3) is 0 Å². The minimum atomic E-state index is -1.11. The van der Waals surface area contributed by atoms with Crippen molar-refractivity contribution in [2.75, 3.05) is 0 Å².